The van der Waals surface area contributed by atoms with Crippen molar-refractivity contribution in [2.75, 3.05) is 5.73 Å². The third-order valence-electron chi connectivity index (χ3n) is 1.20. The molecule has 0 amide bonds. The van der Waals surface area contributed by atoms with Crippen molar-refractivity contribution in [2.45, 2.75) is 6.92 Å². The van der Waals surface area contributed by atoms with E-state index >= 15 is 0 Å². The van der Waals surface area contributed by atoms with Crippen molar-refractivity contribution < 1.29 is 0 Å². The molecule has 44 valence electrons. The van der Waals surface area contributed by atoms with Crippen LogP contribution in [0.15, 0.2) is 12.4 Å². The fraction of sp³-hybridized carbons (Fsp3) is 0.333. The van der Waals surface area contributed by atoms with Crippen molar-refractivity contribution in [3.8, 4) is 0 Å². The summed E-state index contributed by atoms with van der Waals surface area (Å²) < 4.78 is 1.95. The predicted octanol–water partition coefficient (Wildman–Crippen LogP) is 0.916. The second kappa shape index (κ2) is 1.54. The first-order valence-corrected chi connectivity index (χ1v) is 2.58. The van der Waals surface area contributed by atoms with E-state index in [1.807, 2.05) is 30.9 Å². The minimum absolute atomic E-state index is 0.868. The molecule has 0 bridgehead atoms. The summed E-state index contributed by atoms with van der Waals surface area (Å²) >= 11 is 0. The standard InChI is InChI=1S/C6H10N2/c1-5-3-8(2)4-6(5)7/h3-4H,7H2,1-2H3. The molecule has 0 fully saturated rings. The smallest absolute Gasteiger partial charge is 0.0523 e. The second-order valence-electron chi connectivity index (χ2n) is 2.06. The van der Waals surface area contributed by atoms with Crippen molar-refractivity contribution in [3.05, 3.63) is 18.0 Å². The minimum Gasteiger partial charge on any atom is -0.397 e. The third kappa shape index (κ3) is 0.689. The lowest BCUT2D eigenvalue weighted by atomic mass is 10.3. The van der Waals surface area contributed by atoms with E-state index in [1.165, 1.54) is 0 Å². The fourth-order valence-electron chi connectivity index (χ4n) is 0.738. The Morgan fingerprint density at radius 1 is 1.50 bits per heavy atom. The number of nitrogen functional groups attached to an aromatic ring is 1. The molecular formula is C6H10N2. The van der Waals surface area contributed by atoms with Crippen LogP contribution in [-0.4, -0.2) is 4.57 Å². The Balaban J connectivity index is 3.14. The van der Waals surface area contributed by atoms with Crippen LogP contribution in [0, 0.1) is 6.92 Å². The monoisotopic (exact) mass is 110 g/mol. The molecule has 0 atom stereocenters. The zero-order chi connectivity index (χ0) is 6.15. The van der Waals surface area contributed by atoms with Crippen LogP contribution in [0.25, 0.3) is 0 Å². The highest BCUT2D eigenvalue weighted by Gasteiger charge is 1.91. The van der Waals surface area contributed by atoms with Crippen LogP contribution in [-0.2, 0) is 7.05 Å². The van der Waals surface area contributed by atoms with Crippen LogP contribution >= 0.6 is 0 Å². The van der Waals surface area contributed by atoms with Gasteiger partial charge in [0, 0.05) is 19.4 Å². The van der Waals surface area contributed by atoms with E-state index < -0.39 is 0 Å². The van der Waals surface area contributed by atoms with Crippen LogP contribution in [0.3, 0.4) is 0 Å². The average molecular weight is 110 g/mol. The summed E-state index contributed by atoms with van der Waals surface area (Å²) in [7, 11) is 1.96. The van der Waals surface area contributed by atoms with Gasteiger partial charge >= 0.3 is 0 Å². The molecule has 0 unspecified atom stereocenters. The maximum Gasteiger partial charge on any atom is 0.0523 e. The Hall–Kier alpha value is -0.920. The largest absolute Gasteiger partial charge is 0.397 e. The predicted molar refractivity (Wildman–Crippen MR) is 34.6 cm³/mol. The van der Waals surface area contributed by atoms with E-state index in [1.54, 1.807) is 0 Å². The van der Waals surface area contributed by atoms with Gasteiger partial charge in [0.1, 0.15) is 0 Å². The van der Waals surface area contributed by atoms with Crippen LogP contribution in [0.1, 0.15) is 5.56 Å². The van der Waals surface area contributed by atoms with Crippen LogP contribution in [0.2, 0.25) is 0 Å². The number of nitrogens with two attached hydrogens (primary N) is 1. The Morgan fingerprint density at radius 3 is 2.25 bits per heavy atom. The third-order valence-corrected chi connectivity index (χ3v) is 1.20. The lowest BCUT2D eigenvalue weighted by Gasteiger charge is -1.81. The molecule has 1 aromatic rings. The van der Waals surface area contributed by atoms with Gasteiger partial charge in [0.25, 0.3) is 0 Å². The quantitative estimate of drug-likeness (QED) is 0.529. The SMILES string of the molecule is Cc1cn(C)cc1N. The van der Waals surface area contributed by atoms with Crippen LogP contribution < -0.4 is 5.73 Å². The van der Waals surface area contributed by atoms with E-state index in [4.69, 9.17) is 5.73 Å². The van der Waals surface area contributed by atoms with E-state index in [2.05, 4.69) is 0 Å². The average Bonchev–Trinajstić information content (AvgIpc) is 1.85. The van der Waals surface area contributed by atoms with Crippen molar-refractivity contribution in [1.82, 2.24) is 4.57 Å². The first kappa shape index (κ1) is 5.22. The fourth-order valence-corrected chi connectivity index (χ4v) is 0.738. The molecular weight excluding hydrogens is 100 g/mol. The molecule has 0 saturated heterocycles. The van der Waals surface area contributed by atoms with Gasteiger partial charge in [0.2, 0.25) is 0 Å². The van der Waals surface area contributed by atoms with Crippen LogP contribution in [0.5, 0.6) is 0 Å². The number of aromatic nitrogens is 1. The second-order valence-corrected chi connectivity index (χ2v) is 2.06. The van der Waals surface area contributed by atoms with Gasteiger partial charge in [-0.3, -0.25) is 0 Å². The summed E-state index contributed by atoms with van der Waals surface area (Å²) in [5.41, 5.74) is 7.53. The first-order chi connectivity index (χ1) is 3.70. The molecule has 0 aromatic carbocycles. The molecule has 1 rings (SSSR count). The number of anilines is 1. The Labute approximate surface area is 48.9 Å². The van der Waals surface area contributed by atoms with Crippen molar-refractivity contribution in [2.24, 2.45) is 7.05 Å². The molecule has 0 aliphatic heterocycles. The molecule has 1 aromatic heterocycles. The van der Waals surface area contributed by atoms with E-state index in [0.717, 1.165) is 11.3 Å². The van der Waals surface area contributed by atoms with Gasteiger partial charge in [-0.15, -0.1) is 0 Å². The molecule has 2 nitrogen and oxygen atoms in total. The van der Waals surface area contributed by atoms with Gasteiger partial charge < -0.3 is 10.3 Å². The van der Waals surface area contributed by atoms with Crippen molar-refractivity contribution in [1.29, 1.82) is 0 Å². The summed E-state index contributed by atoms with van der Waals surface area (Å²) in [6.07, 6.45) is 3.89. The minimum atomic E-state index is 0.868. The Morgan fingerprint density at radius 2 is 2.12 bits per heavy atom. The topological polar surface area (TPSA) is 30.9 Å². The summed E-state index contributed by atoms with van der Waals surface area (Å²) in [5.74, 6) is 0. The zero-order valence-corrected chi connectivity index (χ0v) is 5.18. The summed E-state index contributed by atoms with van der Waals surface area (Å²) in [6, 6.07) is 0. The first-order valence-electron chi connectivity index (χ1n) is 2.58. The number of hydrogen-bond donors (Lipinski definition) is 1. The van der Waals surface area contributed by atoms with E-state index in [0.29, 0.717) is 0 Å². The number of nitrogens with zero attached hydrogens (tertiary/aromatic N) is 1. The maximum atomic E-state index is 5.52. The van der Waals surface area contributed by atoms with Gasteiger partial charge in [-0.1, -0.05) is 0 Å². The Kier molecular flexibility index (Phi) is 1.01. The molecule has 2 heteroatoms. The van der Waals surface area contributed by atoms with Crippen LogP contribution in [0.4, 0.5) is 5.69 Å². The summed E-state index contributed by atoms with van der Waals surface area (Å²) in [5, 5.41) is 0. The molecule has 1 heterocycles. The van der Waals surface area contributed by atoms with E-state index in [9.17, 15) is 0 Å². The molecule has 0 aliphatic rings. The van der Waals surface area contributed by atoms with Gasteiger partial charge in [0.05, 0.1) is 5.69 Å². The summed E-state index contributed by atoms with van der Waals surface area (Å²) in [4.78, 5) is 0. The lowest BCUT2D eigenvalue weighted by molar-refractivity contribution is 0.925. The molecule has 2 N–H and O–H groups in total. The number of rotatable bonds is 0. The summed E-state index contributed by atoms with van der Waals surface area (Å²) in [6.45, 7) is 2.00. The lowest BCUT2D eigenvalue weighted by Crippen LogP contribution is -1.82. The highest BCUT2D eigenvalue weighted by atomic mass is 14.9. The van der Waals surface area contributed by atoms with Crippen molar-refractivity contribution in [3.63, 3.8) is 0 Å². The maximum absolute atomic E-state index is 5.52. The highest BCUT2D eigenvalue weighted by molar-refractivity contribution is 5.43. The van der Waals surface area contributed by atoms with Crippen molar-refractivity contribution >= 4 is 5.69 Å². The molecule has 0 aliphatic carbocycles. The van der Waals surface area contributed by atoms with Gasteiger partial charge in [-0.2, -0.15) is 0 Å². The van der Waals surface area contributed by atoms with Gasteiger partial charge in [-0.25, -0.2) is 0 Å². The zero-order valence-electron chi connectivity index (χ0n) is 5.18. The molecule has 0 spiro atoms. The molecule has 0 radical (unpaired) electrons. The van der Waals surface area contributed by atoms with Gasteiger partial charge in [0.15, 0.2) is 0 Å². The Bertz CT molecular complexity index is 169. The number of hydrogen-bond acceptors (Lipinski definition) is 1. The normalized spacial score (nSPS) is 9.75. The highest BCUT2D eigenvalue weighted by Crippen LogP contribution is 2.08. The van der Waals surface area contributed by atoms with Gasteiger partial charge in [-0.05, 0) is 12.5 Å². The number of aryl methyl sites for hydroxylation is 2. The molecule has 8 heavy (non-hydrogen) atoms. The van der Waals surface area contributed by atoms with E-state index in [-0.39, 0.29) is 0 Å². The molecule has 0 saturated carbocycles.